The van der Waals surface area contributed by atoms with Crippen LogP contribution in [0.1, 0.15) is 33.4 Å². The van der Waals surface area contributed by atoms with Gasteiger partial charge in [0.1, 0.15) is 17.2 Å². The molecule has 6 nitrogen and oxygen atoms in total. The molecule has 6 rings (SSSR count). The SMILES string of the molecule is COc1ccc(C23c4ccc(OC)cc4CC2(c2ccc(N([O-])O)cc2)Cc2cc(OC)ccc23)cc1. The Morgan fingerprint density at radius 2 is 1.11 bits per heavy atom. The van der Waals surface area contributed by atoms with Crippen LogP contribution >= 0.6 is 0 Å². The van der Waals surface area contributed by atoms with E-state index in [4.69, 9.17) is 14.2 Å². The fourth-order valence-electron chi connectivity index (χ4n) is 6.81. The molecule has 6 heteroatoms. The Labute approximate surface area is 216 Å². The molecule has 0 fully saturated rings. The van der Waals surface area contributed by atoms with E-state index in [2.05, 4.69) is 36.4 Å². The second-order valence-electron chi connectivity index (χ2n) is 9.78. The second kappa shape index (κ2) is 8.54. The number of nitrogens with zero attached hydrogens (tertiary/aromatic N) is 1. The van der Waals surface area contributed by atoms with E-state index in [0.29, 0.717) is 0 Å². The molecule has 0 heterocycles. The molecule has 0 amide bonds. The van der Waals surface area contributed by atoms with E-state index in [1.165, 1.54) is 22.3 Å². The van der Waals surface area contributed by atoms with Gasteiger partial charge in [-0.15, -0.1) is 0 Å². The lowest BCUT2D eigenvalue weighted by atomic mass is 9.57. The maximum Gasteiger partial charge on any atom is 0.119 e. The minimum Gasteiger partial charge on any atom is -0.733 e. The van der Waals surface area contributed by atoms with Crippen molar-refractivity contribution in [3.63, 3.8) is 0 Å². The highest BCUT2D eigenvalue weighted by atomic mass is 16.8. The molecule has 4 aromatic carbocycles. The molecule has 0 atom stereocenters. The number of anilines is 1. The van der Waals surface area contributed by atoms with Gasteiger partial charge in [0.2, 0.25) is 0 Å². The first-order valence-electron chi connectivity index (χ1n) is 12.2. The van der Waals surface area contributed by atoms with Gasteiger partial charge in [-0.25, -0.2) is 0 Å². The fourth-order valence-corrected chi connectivity index (χ4v) is 6.81. The largest absolute Gasteiger partial charge is 0.733 e. The molecule has 0 radical (unpaired) electrons. The van der Waals surface area contributed by atoms with Gasteiger partial charge in [-0.05, 0) is 94.8 Å². The summed E-state index contributed by atoms with van der Waals surface area (Å²) in [5, 5.41) is 21.0. The topological polar surface area (TPSA) is 74.2 Å². The number of ether oxygens (including phenoxy) is 3. The fraction of sp³-hybridized carbons (Fsp3) is 0.226. The standard InChI is InChI=1S/C31H28NO5/c1-35-25-10-6-23(7-11-25)31-28-14-12-26(36-2)16-20(28)18-30(31,22-4-8-24(9-5-22)32(33)34)19-21-17-27(37-3)13-15-29(21)31/h4-17,33H,18-19H2,1-3H3/q-1. The number of methoxy groups -OCH3 is 3. The highest BCUT2D eigenvalue weighted by Gasteiger charge is 2.64. The van der Waals surface area contributed by atoms with Crippen molar-refractivity contribution in [2.45, 2.75) is 23.7 Å². The van der Waals surface area contributed by atoms with Crippen molar-refractivity contribution in [3.8, 4) is 17.2 Å². The zero-order valence-corrected chi connectivity index (χ0v) is 21.0. The van der Waals surface area contributed by atoms with Crippen LogP contribution in [0.25, 0.3) is 0 Å². The minimum atomic E-state index is -0.500. The number of benzene rings is 4. The summed E-state index contributed by atoms with van der Waals surface area (Å²) >= 11 is 0. The van der Waals surface area contributed by atoms with Crippen molar-refractivity contribution in [2.75, 3.05) is 26.6 Å². The van der Waals surface area contributed by atoms with Gasteiger partial charge in [0, 0.05) is 5.41 Å². The summed E-state index contributed by atoms with van der Waals surface area (Å²) in [6, 6.07) is 28.4. The molecular weight excluding hydrogens is 466 g/mol. The van der Waals surface area contributed by atoms with Gasteiger partial charge in [-0.1, -0.05) is 36.4 Å². The molecule has 2 aliphatic carbocycles. The highest BCUT2D eigenvalue weighted by Crippen LogP contribution is 2.66. The summed E-state index contributed by atoms with van der Waals surface area (Å²) in [7, 11) is 5.06. The van der Waals surface area contributed by atoms with Crippen molar-refractivity contribution >= 4 is 5.69 Å². The molecule has 0 saturated heterocycles. The van der Waals surface area contributed by atoms with E-state index < -0.39 is 5.41 Å². The van der Waals surface area contributed by atoms with E-state index in [0.717, 1.165) is 41.2 Å². The van der Waals surface area contributed by atoms with Gasteiger partial charge in [0.15, 0.2) is 0 Å². The van der Waals surface area contributed by atoms with Crippen LogP contribution < -0.4 is 19.4 Å². The minimum absolute atomic E-state index is 0.0965. The van der Waals surface area contributed by atoms with Gasteiger partial charge >= 0.3 is 0 Å². The maximum absolute atomic E-state index is 11.6. The van der Waals surface area contributed by atoms with E-state index in [1.807, 2.05) is 36.4 Å². The quantitative estimate of drug-likeness (QED) is 0.342. The van der Waals surface area contributed by atoms with E-state index in [-0.39, 0.29) is 16.3 Å². The first kappa shape index (κ1) is 23.4. The zero-order chi connectivity index (χ0) is 25.8. The predicted octanol–water partition coefficient (Wildman–Crippen LogP) is 5.79. The number of rotatable bonds is 6. The third-order valence-electron chi connectivity index (χ3n) is 8.30. The third kappa shape index (κ3) is 3.19. The molecule has 0 aliphatic heterocycles. The summed E-state index contributed by atoms with van der Waals surface area (Å²) in [6.45, 7) is 0. The first-order valence-corrected chi connectivity index (χ1v) is 12.2. The summed E-state index contributed by atoms with van der Waals surface area (Å²) in [5.74, 6) is 2.45. The second-order valence-corrected chi connectivity index (χ2v) is 9.78. The Bertz CT molecular complexity index is 1400. The molecule has 0 saturated carbocycles. The molecule has 37 heavy (non-hydrogen) atoms. The van der Waals surface area contributed by atoms with Gasteiger partial charge < -0.3 is 24.6 Å². The maximum atomic E-state index is 11.6. The lowest BCUT2D eigenvalue weighted by molar-refractivity contribution is 0.296. The van der Waals surface area contributed by atoms with Crippen LogP contribution in [0.3, 0.4) is 0 Å². The van der Waals surface area contributed by atoms with Crippen molar-refractivity contribution in [3.05, 3.63) is 124 Å². The van der Waals surface area contributed by atoms with Gasteiger partial charge in [0.05, 0.1) is 32.4 Å². The van der Waals surface area contributed by atoms with Crippen molar-refractivity contribution in [1.82, 2.24) is 0 Å². The molecule has 0 bridgehead atoms. The van der Waals surface area contributed by atoms with Gasteiger partial charge in [-0.3, -0.25) is 5.21 Å². The molecular formula is C31H28NO5-. The Hall–Kier alpha value is -4.00. The molecule has 4 aromatic rings. The van der Waals surface area contributed by atoms with E-state index in [9.17, 15) is 10.4 Å². The normalized spacial score (nSPS) is 21.1. The van der Waals surface area contributed by atoms with Crippen LogP contribution in [-0.4, -0.2) is 26.5 Å². The highest BCUT2D eigenvalue weighted by molar-refractivity contribution is 5.71. The third-order valence-corrected chi connectivity index (χ3v) is 8.30. The molecule has 0 unspecified atom stereocenters. The molecule has 0 aromatic heterocycles. The molecule has 0 spiro atoms. The zero-order valence-electron chi connectivity index (χ0n) is 21.0. The monoisotopic (exact) mass is 494 g/mol. The van der Waals surface area contributed by atoms with E-state index in [1.54, 1.807) is 33.5 Å². The van der Waals surface area contributed by atoms with Crippen molar-refractivity contribution < 1.29 is 19.4 Å². The average molecular weight is 495 g/mol. The smallest absolute Gasteiger partial charge is 0.119 e. The molecule has 188 valence electrons. The van der Waals surface area contributed by atoms with Crippen LogP contribution in [0.5, 0.6) is 17.2 Å². The van der Waals surface area contributed by atoms with E-state index >= 15 is 0 Å². The summed E-state index contributed by atoms with van der Waals surface area (Å²) < 4.78 is 16.7. The van der Waals surface area contributed by atoms with Gasteiger partial charge in [0.25, 0.3) is 0 Å². The van der Waals surface area contributed by atoms with Crippen LogP contribution in [0, 0.1) is 5.21 Å². The number of fused-ring (bicyclic) bond motifs is 5. The Morgan fingerprint density at radius 3 is 1.57 bits per heavy atom. The van der Waals surface area contributed by atoms with Crippen LogP contribution in [-0.2, 0) is 23.7 Å². The average Bonchev–Trinajstić information content (AvgIpc) is 3.39. The lowest BCUT2D eigenvalue weighted by Crippen LogP contribution is -2.45. The Morgan fingerprint density at radius 1 is 0.649 bits per heavy atom. The van der Waals surface area contributed by atoms with Crippen LogP contribution in [0.15, 0.2) is 84.9 Å². The molecule has 2 aliphatic rings. The van der Waals surface area contributed by atoms with Crippen LogP contribution in [0.4, 0.5) is 5.69 Å². The summed E-state index contributed by atoms with van der Waals surface area (Å²) in [5.41, 5.74) is 6.51. The van der Waals surface area contributed by atoms with Gasteiger partial charge in [-0.2, -0.15) is 0 Å². The number of hydrogen-bond acceptors (Lipinski definition) is 6. The van der Waals surface area contributed by atoms with Crippen molar-refractivity contribution in [2.24, 2.45) is 0 Å². The molecule has 1 N–H and O–H groups in total. The lowest BCUT2D eigenvalue weighted by Gasteiger charge is -2.43. The summed E-state index contributed by atoms with van der Waals surface area (Å²) in [6.07, 6.45) is 1.56. The Kier molecular flexibility index (Phi) is 5.40. The Balaban J connectivity index is 1.70. The number of hydrogen-bond donors (Lipinski definition) is 1. The summed E-state index contributed by atoms with van der Waals surface area (Å²) in [4.78, 5) is 0. The van der Waals surface area contributed by atoms with Crippen LogP contribution in [0.2, 0.25) is 0 Å². The first-order chi connectivity index (χ1) is 18.0. The van der Waals surface area contributed by atoms with Crippen molar-refractivity contribution in [1.29, 1.82) is 0 Å². The predicted molar refractivity (Wildman–Crippen MR) is 142 cm³/mol.